The highest BCUT2D eigenvalue weighted by atomic mass is 35.5. The summed E-state index contributed by atoms with van der Waals surface area (Å²) in [5, 5.41) is 12.3. The first kappa shape index (κ1) is 11.6. The zero-order valence-electron chi connectivity index (χ0n) is 9.30. The van der Waals surface area contributed by atoms with Gasteiger partial charge in [-0.25, -0.2) is 9.97 Å². The van der Waals surface area contributed by atoms with Gasteiger partial charge in [0.05, 0.1) is 5.39 Å². The van der Waals surface area contributed by atoms with E-state index in [0.717, 1.165) is 21.3 Å². The number of fused-ring (bicyclic) bond motifs is 1. The number of benzene rings is 1. The summed E-state index contributed by atoms with van der Waals surface area (Å²) in [5.41, 5.74) is 2.12. The Kier molecular flexibility index (Phi) is 2.99. The Hall–Kier alpha value is -1.49. The normalized spacial score (nSPS) is 11.0. The van der Waals surface area contributed by atoms with E-state index >= 15 is 0 Å². The zero-order valence-corrected chi connectivity index (χ0v) is 10.9. The fourth-order valence-electron chi connectivity index (χ4n) is 1.84. The molecule has 0 radical (unpaired) electrons. The van der Waals surface area contributed by atoms with Crippen LogP contribution in [0.15, 0.2) is 35.7 Å². The maximum atomic E-state index is 9.07. The fourth-order valence-corrected chi connectivity index (χ4v) is 3.15. The van der Waals surface area contributed by atoms with Crippen LogP contribution in [-0.4, -0.2) is 15.1 Å². The maximum Gasteiger partial charge on any atom is 0.157 e. The third-order valence-electron chi connectivity index (χ3n) is 2.66. The van der Waals surface area contributed by atoms with Gasteiger partial charge in [0, 0.05) is 10.9 Å². The number of aliphatic hydroxyl groups excluding tert-OH is 1. The van der Waals surface area contributed by atoms with Gasteiger partial charge in [-0.2, -0.15) is 0 Å². The van der Waals surface area contributed by atoms with Gasteiger partial charge >= 0.3 is 0 Å². The van der Waals surface area contributed by atoms with Gasteiger partial charge < -0.3 is 5.11 Å². The van der Waals surface area contributed by atoms with E-state index in [-0.39, 0.29) is 6.61 Å². The van der Waals surface area contributed by atoms with E-state index < -0.39 is 0 Å². The topological polar surface area (TPSA) is 46.0 Å². The molecule has 3 nitrogen and oxygen atoms in total. The highest BCUT2D eigenvalue weighted by Gasteiger charge is 2.13. The van der Waals surface area contributed by atoms with Crippen LogP contribution >= 0.6 is 22.9 Å². The van der Waals surface area contributed by atoms with Gasteiger partial charge in [0.25, 0.3) is 0 Å². The molecule has 0 bridgehead atoms. The van der Waals surface area contributed by atoms with Crippen LogP contribution in [0.3, 0.4) is 0 Å². The second-order valence-electron chi connectivity index (χ2n) is 3.78. The first-order valence-corrected chi connectivity index (χ1v) is 6.65. The molecule has 1 N–H and O–H groups in total. The minimum Gasteiger partial charge on any atom is -0.388 e. The number of aromatic nitrogens is 2. The number of nitrogens with zero attached hydrogens (tertiary/aromatic N) is 2. The highest BCUT2D eigenvalue weighted by Crippen LogP contribution is 2.36. The van der Waals surface area contributed by atoms with Crippen molar-refractivity contribution in [3.63, 3.8) is 0 Å². The SMILES string of the molecule is OCc1nc(Cl)c2c(-c3ccccc3)csc2n1. The number of thiophene rings is 1. The average molecular weight is 277 g/mol. The lowest BCUT2D eigenvalue weighted by atomic mass is 10.1. The lowest BCUT2D eigenvalue weighted by Gasteiger charge is -2.02. The molecule has 3 rings (SSSR count). The molecule has 2 heterocycles. The van der Waals surface area contributed by atoms with Crippen LogP contribution in [-0.2, 0) is 6.61 Å². The third kappa shape index (κ3) is 1.88. The van der Waals surface area contributed by atoms with Crippen molar-refractivity contribution in [1.29, 1.82) is 0 Å². The molecule has 0 fully saturated rings. The van der Waals surface area contributed by atoms with Gasteiger partial charge in [0.1, 0.15) is 16.6 Å². The van der Waals surface area contributed by atoms with Crippen molar-refractivity contribution in [3.8, 4) is 11.1 Å². The smallest absolute Gasteiger partial charge is 0.157 e. The molecule has 0 saturated carbocycles. The second kappa shape index (κ2) is 4.65. The molecular weight excluding hydrogens is 268 g/mol. The summed E-state index contributed by atoms with van der Waals surface area (Å²) in [5.74, 6) is 0.356. The van der Waals surface area contributed by atoms with Crippen LogP contribution in [0.4, 0.5) is 0 Å². The van der Waals surface area contributed by atoms with Gasteiger partial charge in [-0.1, -0.05) is 41.9 Å². The summed E-state index contributed by atoms with van der Waals surface area (Å²) in [6, 6.07) is 9.99. The summed E-state index contributed by atoms with van der Waals surface area (Å²) in [4.78, 5) is 9.17. The molecule has 0 amide bonds. The summed E-state index contributed by atoms with van der Waals surface area (Å²) in [6.07, 6.45) is 0. The summed E-state index contributed by atoms with van der Waals surface area (Å²) < 4.78 is 0. The van der Waals surface area contributed by atoms with E-state index in [0.29, 0.717) is 11.0 Å². The Morgan fingerprint density at radius 1 is 1.17 bits per heavy atom. The van der Waals surface area contributed by atoms with Gasteiger partial charge in [0.15, 0.2) is 5.82 Å². The molecule has 0 aliphatic heterocycles. The predicted octanol–water partition coefficient (Wildman–Crippen LogP) is 3.50. The lowest BCUT2D eigenvalue weighted by molar-refractivity contribution is 0.272. The van der Waals surface area contributed by atoms with Gasteiger partial charge in [-0.15, -0.1) is 11.3 Å². The Labute approximate surface area is 113 Å². The van der Waals surface area contributed by atoms with E-state index in [4.69, 9.17) is 16.7 Å². The Balaban J connectivity index is 2.27. The number of hydrogen-bond acceptors (Lipinski definition) is 4. The summed E-state index contributed by atoms with van der Waals surface area (Å²) >= 11 is 7.69. The Morgan fingerprint density at radius 3 is 2.67 bits per heavy atom. The van der Waals surface area contributed by atoms with Crippen molar-refractivity contribution in [3.05, 3.63) is 46.7 Å². The van der Waals surface area contributed by atoms with Crippen LogP contribution in [0.1, 0.15) is 5.82 Å². The van der Waals surface area contributed by atoms with Crippen molar-refractivity contribution in [1.82, 2.24) is 9.97 Å². The third-order valence-corrected chi connectivity index (χ3v) is 3.81. The minimum atomic E-state index is -0.200. The molecule has 18 heavy (non-hydrogen) atoms. The fraction of sp³-hybridized carbons (Fsp3) is 0.0769. The van der Waals surface area contributed by atoms with Gasteiger partial charge in [-0.05, 0) is 5.56 Å². The molecule has 0 aliphatic rings. The van der Waals surface area contributed by atoms with Crippen LogP contribution < -0.4 is 0 Å². The van der Waals surface area contributed by atoms with Crippen LogP contribution in [0.5, 0.6) is 0 Å². The van der Waals surface area contributed by atoms with E-state index in [9.17, 15) is 0 Å². The van der Waals surface area contributed by atoms with Crippen molar-refractivity contribution in [2.24, 2.45) is 0 Å². The molecule has 0 atom stereocenters. The summed E-state index contributed by atoms with van der Waals surface area (Å²) in [6.45, 7) is -0.200. The molecular formula is C13H9ClN2OS. The molecule has 0 unspecified atom stereocenters. The second-order valence-corrected chi connectivity index (χ2v) is 5.00. The first-order valence-electron chi connectivity index (χ1n) is 5.39. The highest BCUT2D eigenvalue weighted by molar-refractivity contribution is 7.17. The number of hydrogen-bond donors (Lipinski definition) is 1. The van der Waals surface area contributed by atoms with Crippen molar-refractivity contribution >= 4 is 33.2 Å². The monoisotopic (exact) mass is 276 g/mol. The van der Waals surface area contributed by atoms with Crippen LogP contribution in [0, 0.1) is 0 Å². The number of halogens is 1. The van der Waals surface area contributed by atoms with Crippen molar-refractivity contribution < 1.29 is 5.11 Å². The van der Waals surface area contributed by atoms with E-state index in [2.05, 4.69) is 9.97 Å². The predicted molar refractivity (Wildman–Crippen MR) is 73.8 cm³/mol. The minimum absolute atomic E-state index is 0.200. The number of aliphatic hydroxyl groups is 1. The molecule has 5 heteroatoms. The quantitative estimate of drug-likeness (QED) is 0.729. The van der Waals surface area contributed by atoms with E-state index in [1.807, 2.05) is 35.7 Å². The Morgan fingerprint density at radius 2 is 1.94 bits per heavy atom. The van der Waals surface area contributed by atoms with E-state index in [1.54, 1.807) is 0 Å². The summed E-state index contributed by atoms with van der Waals surface area (Å²) in [7, 11) is 0. The van der Waals surface area contributed by atoms with Gasteiger partial charge in [0.2, 0.25) is 0 Å². The molecule has 0 saturated heterocycles. The average Bonchev–Trinajstić information content (AvgIpc) is 2.84. The largest absolute Gasteiger partial charge is 0.388 e. The molecule has 0 aliphatic carbocycles. The first-order chi connectivity index (χ1) is 8.79. The molecule has 3 aromatic rings. The molecule has 2 aromatic heterocycles. The Bertz CT molecular complexity index is 697. The molecule has 1 aromatic carbocycles. The lowest BCUT2D eigenvalue weighted by Crippen LogP contribution is -1.94. The number of rotatable bonds is 2. The molecule has 0 spiro atoms. The maximum absolute atomic E-state index is 9.07. The van der Waals surface area contributed by atoms with Gasteiger partial charge in [-0.3, -0.25) is 0 Å². The van der Waals surface area contributed by atoms with Crippen LogP contribution in [0.2, 0.25) is 5.15 Å². The standard InChI is InChI=1S/C13H9ClN2OS/c14-12-11-9(8-4-2-1-3-5-8)7-18-13(11)16-10(6-17)15-12/h1-5,7,17H,6H2. The zero-order chi connectivity index (χ0) is 12.5. The van der Waals surface area contributed by atoms with Crippen molar-refractivity contribution in [2.45, 2.75) is 6.61 Å². The molecule has 90 valence electrons. The van der Waals surface area contributed by atoms with E-state index in [1.165, 1.54) is 11.3 Å². The van der Waals surface area contributed by atoms with Crippen molar-refractivity contribution in [2.75, 3.05) is 0 Å². The van der Waals surface area contributed by atoms with Crippen LogP contribution in [0.25, 0.3) is 21.3 Å².